The van der Waals surface area contributed by atoms with Gasteiger partial charge in [-0.05, 0) is 31.2 Å². The lowest BCUT2D eigenvalue weighted by molar-refractivity contribution is 0.293. The van der Waals surface area contributed by atoms with Crippen LogP contribution >= 0.6 is 0 Å². The molecule has 3 heteroatoms. The summed E-state index contributed by atoms with van der Waals surface area (Å²) in [7, 11) is 1.66. The van der Waals surface area contributed by atoms with Gasteiger partial charge in [0.15, 0.2) is 11.5 Å². The molecular weight excluding hydrogens is 190 g/mol. The second kappa shape index (κ2) is 6.30. The zero-order valence-corrected chi connectivity index (χ0v) is 9.67. The standard InChI is InChI=1S/C12H19NO2/c1-4-13-7-8-15-11-6-5-10(2)9-12(11)14-3/h5-6,9,13H,4,7-8H2,1-3H3. The fourth-order valence-corrected chi connectivity index (χ4v) is 1.30. The van der Waals surface area contributed by atoms with Crippen LogP contribution < -0.4 is 14.8 Å². The highest BCUT2D eigenvalue weighted by Crippen LogP contribution is 2.27. The average molecular weight is 209 g/mol. The van der Waals surface area contributed by atoms with Crippen LogP contribution in [0.5, 0.6) is 11.5 Å². The Bertz CT molecular complexity index is 300. The number of nitrogens with one attached hydrogen (secondary N) is 1. The third-order valence-electron chi connectivity index (χ3n) is 2.11. The summed E-state index contributed by atoms with van der Waals surface area (Å²) in [6.07, 6.45) is 0. The van der Waals surface area contributed by atoms with E-state index in [1.165, 1.54) is 5.56 Å². The Morgan fingerprint density at radius 2 is 2.07 bits per heavy atom. The van der Waals surface area contributed by atoms with Crippen molar-refractivity contribution in [2.75, 3.05) is 26.8 Å². The highest BCUT2D eigenvalue weighted by Gasteiger charge is 2.03. The highest BCUT2D eigenvalue weighted by atomic mass is 16.5. The van der Waals surface area contributed by atoms with Gasteiger partial charge in [-0.25, -0.2) is 0 Å². The van der Waals surface area contributed by atoms with Crippen molar-refractivity contribution in [2.24, 2.45) is 0 Å². The summed E-state index contributed by atoms with van der Waals surface area (Å²) >= 11 is 0. The molecule has 0 bridgehead atoms. The SMILES string of the molecule is CCNCCOc1ccc(C)cc1OC. The van der Waals surface area contributed by atoms with Gasteiger partial charge in [0.25, 0.3) is 0 Å². The lowest BCUT2D eigenvalue weighted by Crippen LogP contribution is -2.20. The van der Waals surface area contributed by atoms with Crippen molar-refractivity contribution in [3.05, 3.63) is 23.8 Å². The number of ether oxygens (including phenoxy) is 2. The Labute approximate surface area is 91.4 Å². The molecule has 0 unspecified atom stereocenters. The van der Waals surface area contributed by atoms with E-state index in [2.05, 4.69) is 12.2 Å². The van der Waals surface area contributed by atoms with Gasteiger partial charge in [-0.1, -0.05) is 13.0 Å². The summed E-state index contributed by atoms with van der Waals surface area (Å²) in [5, 5.41) is 3.20. The van der Waals surface area contributed by atoms with E-state index >= 15 is 0 Å². The Morgan fingerprint density at radius 1 is 1.27 bits per heavy atom. The predicted octanol–water partition coefficient (Wildman–Crippen LogP) is 1.99. The maximum absolute atomic E-state index is 5.60. The van der Waals surface area contributed by atoms with Crippen LogP contribution in [0.15, 0.2) is 18.2 Å². The van der Waals surface area contributed by atoms with Crippen molar-refractivity contribution in [1.29, 1.82) is 0 Å². The summed E-state index contributed by atoms with van der Waals surface area (Å²) in [4.78, 5) is 0. The van der Waals surface area contributed by atoms with E-state index < -0.39 is 0 Å². The molecular formula is C12H19NO2. The number of hydrogen-bond acceptors (Lipinski definition) is 3. The van der Waals surface area contributed by atoms with Crippen LogP contribution in [-0.4, -0.2) is 26.8 Å². The van der Waals surface area contributed by atoms with Gasteiger partial charge in [-0.3, -0.25) is 0 Å². The molecule has 0 heterocycles. The smallest absolute Gasteiger partial charge is 0.161 e. The maximum atomic E-state index is 5.60. The first-order valence-corrected chi connectivity index (χ1v) is 5.26. The van der Waals surface area contributed by atoms with Crippen molar-refractivity contribution in [3.8, 4) is 11.5 Å². The zero-order chi connectivity index (χ0) is 11.1. The van der Waals surface area contributed by atoms with Crippen molar-refractivity contribution < 1.29 is 9.47 Å². The van der Waals surface area contributed by atoms with Crippen LogP contribution in [0.3, 0.4) is 0 Å². The number of benzene rings is 1. The first-order valence-electron chi connectivity index (χ1n) is 5.26. The summed E-state index contributed by atoms with van der Waals surface area (Å²) in [5.74, 6) is 1.60. The van der Waals surface area contributed by atoms with Crippen molar-refractivity contribution >= 4 is 0 Å². The van der Waals surface area contributed by atoms with Gasteiger partial charge < -0.3 is 14.8 Å². The number of rotatable bonds is 6. The quantitative estimate of drug-likeness (QED) is 0.727. The molecule has 1 rings (SSSR count). The van der Waals surface area contributed by atoms with Gasteiger partial charge >= 0.3 is 0 Å². The number of hydrogen-bond donors (Lipinski definition) is 1. The Morgan fingerprint density at radius 3 is 2.73 bits per heavy atom. The molecule has 1 N–H and O–H groups in total. The number of aryl methyl sites for hydroxylation is 1. The molecule has 0 aromatic heterocycles. The van der Waals surface area contributed by atoms with E-state index in [1.807, 2.05) is 25.1 Å². The van der Waals surface area contributed by atoms with E-state index in [4.69, 9.17) is 9.47 Å². The molecule has 0 aliphatic carbocycles. The van der Waals surface area contributed by atoms with E-state index in [-0.39, 0.29) is 0 Å². The molecule has 1 aromatic rings. The first-order chi connectivity index (χ1) is 7.27. The van der Waals surface area contributed by atoms with Crippen LogP contribution in [0.25, 0.3) is 0 Å². The summed E-state index contributed by atoms with van der Waals surface area (Å²) in [5.41, 5.74) is 1.17. The summed E-state index contributed by atoms with van der Waals surface area (Å²) in [6, 6.07) is 5.94. The molecule has 15 heavy (non-hydrogen) atoms. The van der Waals surface area contributed by atoms with Crippen LogP contribution in [0.1, 0.15) is 12.5 Å². The molecule has 0 saturated heterocycles. The fraction of sp³-hybridized carbons (Fsp3) is 0.500. The van der Waals surface area contributed by atoms with Crippen molar-refractivity contribution in [2.45, 2.75) is 13.8 Å². The monoisotopic (exact) mass is 209 g/mol. The molecule has 0 atom stereocenters. The van der Waals surface area contributed by atoms with Crippen LogP contribution in [-0.2, 0) is 0 Å². The van der Waals surface area contributed by atoms with Gasteiger partial charge in [0, 0.05) is 6.54 Å². The molecule has 0 spiro atoms. The molecule has 0 fully saturated rings. The lowest BCUT2D eigenvalue weighted by Gasteiger charge is -2.11. The third kappa shape index (κ3) is 3.80. The van der Waals surface area contributed by atoms with Crippen molar-refractivity contribution in [1.82, 2.24) is 5.32 Å². The lowest BCUT2D eigenvalue weighted by atomic mass is 10.2. The highest BCUT2D eigenvalue weighted by molar-refractivity contribution is 5.42. The van der Waals surface area contributed by atoms with Gasteiger partial charge in [0.1, 0.15) is 6.61 Å². The van der Waals surface area contributed by atoms with Crippen LogP contribution in [0.4, 0.5) is 0 Å². The minimum Gasteiger partial charge on any atom is -0.493 e. The maximum Gasteiger partial charge on any atom is 0.161 e. The molecule has 0 radical (unpaired) electrons. The van der Waals surface area contributed by atoms with E-state index in [9.17, 15) is 0 Å². The second-order valence-electron chi connectivity index (χ2n) is 3.36. The molecule has 0 amide bonds. The Hall–Kier alpha value is -1.22. The van der Waals surface area contributed by atoms with Gasteiger partial charge in [-0.2, -0.15) is 0 Å². The third-order valence-corrected chi connectivity index (χ3v) is 2.11. The van der Waals surface area contributed by atoms with Crippen LogP contribution in [0.2, 0.25) is 0 Å². The van der Waals surface area contributed by atoms with Crippen molar-refractivity contribution in [3.63, 3.8) is 0 Å². The minimum atomic E-state index is 0.660. The average Bonchev–Trinajstić information content (AvgIpc) is 2.26. The Balaban J connectivity index is 2.52. The zero-order valence-electron chi connectivity index (χ0n) is 9.67. The molecule has 84 valence electrons. The normalized spacial score (nSPS) is 10.1. The van der Waals surface area contributed by atoms with Gasteiger partial charge in [0.2, 0.25) is 0 Å². The van der Waals surface area contributed by atoms with Crippen LogP contribution in [0, 0.1) is 6.92 Å². The number of methoxy groups -OCH3 is 1. The van der Waals surface area contributed by atoms with E-state index in [0.29, 0.717) is 6.61 Å². The summed E-state index contributed by atoms with van der Waals surface area (Å²) < 4.78 is 10.8. The topological polar surface area (TPSA) is 30.5 Å². The largest absolute Gasteiger partial charge is 0.493 e. The molecule has 3 nitrogen and oxygen atoms in total. The predicted molar refractivity (Wildman–Crippen MR) is 61.8 cm³/mol. The Kier molecular flexibility index (Phi) is 4.98. The van der Waals surface area contributed by atoms with E-state index in [1.54, 1.807) is 7.11 Å². The first kappa shape index (κ1) is 11.9. The molecule has 0 saturated carbocycles. The minimum absolute atomic E-state index is 0.660. The molecule has 0 aliphatic rings. The number of likely N-dealkylation sites (N-methyl/N-ethyl adjacent to an activating group) is 1. The fourth-order valence-electron chi connectivity index (χ4n) is 1.30. The van der Waals surface area contributed by atoms with E-state index in [0.717, 1.165) is 24.6 Å². The molecule has 0 aliphatic heterocycles. The molecule has 1 aromatic carbocycles. The second-order valence-corrected chi connectivity index (χ2v) is 3.36. The van der Waals surface area contributed by atoms with Gasteiger partial charge in [-0.15, -0.1) is 0 Å². The van der Waals surface area contributed by atoms with Gasteiger partial charge in [0.05, 0.1) is 7.11 Å². The summed E-state index contributed by atoms with van der Waals surface area (Å²) in [6.45, 7) is 6.59.